The SMILES string of the molecule is c1ccc(SCCNC2CCN3CCC2C3)cc1. The first kappa shape index (κ1) is 12.5. The first-order valence-corrected chi connectivity index (χ1v) is 8.04. The van der Waals surface area contributed by atoms with Crippen LogP contribution in [0.25, 0.3) is 0 Å². The minimum Gasteiger partial charge on any atom is -0.313 e. The fraction of sp³-hybridized carbons (Fsp3) is 0.600. The lowest BCUT2D eigenvalue weighted by molar-refractivity contribution is 0.223. The minimum absolute atomic E-state index is 0.778. The van der Waals surface area contributed by atoms with E-state index in [2.05, 4.69) is 40.5 Å². The Labute approximate surface area is 114 Å². The second kappa shape index (κ2) is 6.09. The summed E-state index contributed by atoms with van der Waals surface area (Å²) in [6.45, 7) is 5.12. The van der Waals surface area contributed by atoms with Gasteiger partial charge in [0.05, 0.1) is 0 Å². The molecule has 18 heavy (non-hydrogen) atoms. The van der Waals surface area contributed by atoms with Gasteiger partial charge in [0.2, 0.25) is 0 Å². The molecule has 2 fully saturated rings. The Hall–Kier alpha value is -0.510. The van der Waals surface area contributed by atoms with Crippen LogP contribution in [-0.4, -0.2) is 42.9 Å². The first-order valence-electron chi connectivity index (χ1n) is 7.05. The Morgan fingerprint density at radius 2 is 2.00 bits per heavy atom. The maximum atomic E-state index is 3.77. The average molecular weight is 262 g/mol. The van der Waals surface area contributed by atoms with Crippen molar-refractivity contribution in [1.29, 1.82) is 0 Å². The van der Waals surface area contributed by atoms with Crippen LogP contribution in [0.15, 0.2) is 35.2 Å². The Balaban J connectivity index is 1.37. The number of piperidine rings is 1. The third-order valence-electron chi connectivity index (χ3n) is 4.15. The maximum absolute atomic E-state index is 3.77. The highest BCUT2D eigenvalue weighted by Gasteiger charge is 2.33. The predicted octanol–water partition coefficient (Wildman–Crippen LogP) is 2.46. The third kappa shape index (κ3) is 3.08. The molecule has 1 aromatic rings. The smallest absolute Gasteiger partial charge is 0.0120 e. The van der Waals surface area contributed by atoms with E-state index in [-0.39, 0.29) is 0 Å². The average Bonchev–Trinajstić information content (AvgIpc) is 2.81. The van der Waals surface area contributed by atoms with Crippen molar-refractivity contribution in [1.82, 2.24) is 10.2 Å². The lowest BCUT2D eigenvalue weighted by Crippen LogP contribution is -2.44. The summed E-state index contributed by atoms with van der Waals surface area (Å²) in [6.07, 6.45) is 2.75. The van der Waals surface area contributed by atoms with Crippen molar-refractivity contribution < 1.29 is 0 Å². The van der Waals surface area contributed by atoms with E-state index in [4.69, 9.17) is 0 Å². The van der Waals surface area contributed by atoms with E-state index in [1.165, 1.54) is 43.1 Å². The lowest BCUT2D eigenvalue weighted by atomic mass is 9.94. The zero-order valence-corrected chi connectivity index (χ0v) is 11.7. The standard InChI is InChI=1S/C15H22N2S/c1-2-4-14(5-3-1)18-11-8-16-15-7-10-17-9-6-13(15)12-17/h1-5,13,15-16H,6-12H2. The Kier molecular flexibility index (Phi) is 4.24. The molecule has 0 saturated carbocycles. The van der Waals surface area contributed by atoms with Crippen molar-refractivity contribution in [3.63, 3.8) is 0 Å². The Morgan fingerprint density at radius 3 is 2.89 bits per heavy atom. The molecule has 2 aliphatic heterocycles. The van der Waals surface area contributed by atoms with Gasteiger partial charge >= 0.3 is 0 Å². The molecule has 3 atom stereocenters. The summed E-state index contributed by atoms with van der Waals surface area (Å²) in [4.78, 5) is 4.00. The van der Waals surface area contributed by atoms with Crippen LogP contribution in [0.5, 0.6) is 0 Å². The Bertz CT molecular complexity index is 368. The molecule has 2 nitrogen and oxygen atoms in total. The highest BCUT2D eigenvalue weighted by Crippen LogP contribution is 2.27. The van der Waals surface area contributed by atoms with Crippen LogP contribution in [0.1, 0.15) is 12.8 Å². The zero-order valence-electron chi connectivity index (χ0n) is 10.8. The highest BCUT2D eigenvalue weighted by atomic mass is 32.2. The van der Waals surface area contributed by atoms with Gasteiger partial charge in [-0.2, -0.15) is 0 Å². The molecule has 0 aromatic heterocycles. The lowest BCUT2D eigenvalue weighted by Gasteiger charge is -2.31. The summed E-state index contributed by atoms with van der Waals surface area (Å²) >= 11 is 1.96. The molecular formula is C15H22N2S. The summed E-state index contributed by atoms with van der Waals surface area (Å²) in [5, 5.41) is 3.77. The fourth-order valence-corrected chi connectivity index (χ4v) is 3.96. The number of thioether (sulfide) groups is 1. The van der Waals surface area contributed by atoms with Gasteiger partial charge in [-0.25, -0.2) is 0 Å². The molecule has 3 unspecified atom stereocenters. The molecule has 1 aromatic carbocycles. The van der Waals surface area contributed by atoms with Crippen LogP contribution in [0.3, 0.4) is 0 Å². The summed E-state index contributed by atoms with van der Waals surface area (Å²) in [5.41, 5.74) is 0. The monoisotopic (exact) mass is 262 g/mol. The second-order valence-electron chi connectivity index (χ2n) is 5.36. The van der Waals surface area contributed by atoms with Crippen molar-refractivity contribution in [2.75, 3.05) is 31.9 Å². The molecule has 2 heterocycles. The number of rotatable bonds is 5. The van der Waals surface area contributed by atoms with E-state index in [0.29, 0.717) is 0 Å². The molecule has 2 aliphatic rings. The Morgan fingerprint density at radius 1 is 1.17 bits per heavy atom. The number of fused-ring (bicyclic) bond motifs is 2. The van der Waals surface area contributed by atoms with Crippen molar-refractivity contribution in [2.24, 2.45) is 5.92 Å². The van der Waals surface area contributed by atoms with E-state index in [1.54, 1.807) is 0 Å². The number of nitrogens with one attached hydrogen (secondary N) is 1. The van der Waals surface area contributed by atoms with Crippen LogP contribution < -0.4 is 5.32 Å². The van der Waals surface area contributed by atoms with Crippen molar-refractivity contribution >= 4 is 11.8 Å². The fourth-order valence-electron chi connectivity index (χ4n) is 3.15. The van der Waals surface area contributed by atoms with Crippen LogP contribution >= 0.6 is 11.8 Å². The largest absolute Gasteiger partial charge is 0.313 e. The molecule has 2 saturated heterocycles. The van der Waals surface area contributed by atoms with Gasteiger partial charge in [0.25, 0.3) is 0 Å². The summed E-state index contributed by atoms with van der Waals surface area (Å²) < 4.78 is 0. The predicted molar refractivity (Wildman–Crippen MR) is 78.1 cm³/mol. The molecule has 98 valence electrons. The summed E-state index contributed by atoms with van der Waals surface area (Å²) in [7, 11) is 0. The molecule has 0 radical (unpaired) electrons. The van der Waals surface area contributed by atoms with Crippen molar-refractivity contribution in [2.45, 2.75) is 23.8 Å². The number of benzene rings is 1. The van der Waals surface area contributed by atoms with Crippen molar-refractivity contribution in [3.8, 4) is 0 Å². The summed E-state index contributed by atoms with van der Waals surface area (Å²) in [6, 6.07) is 11.5. The van der Waals surface area contributed by atoms with Gasteiger partial charge in [0.1, 0.15) is 0 Å². The number of nitrogens with zero attached hydrogens (tertiary/aromatic N) is 1. The molecule has 0 spiro atoms. The first-order chi connectivity index (χ1) is 8.92. The van der Waals surface area contributed by atoms with Gasteiger partial charge in [-0.05, 0) is 44.0 Å². The zero-order chi connectivity index (χ0) is 12.2. The highest BCUT2D eigenvalue weighted by molar-refractivity contribution is 7.99. The van der Waals surface area contributed by atoms with E-state index in [9.17, 15) is 0 Å². The number of hydrogen-bond donors (Lipinski definition) is 1. The van der Waals surface area contributed by atoms with Gasteiger partial charge < -0.3 is 10.2 Å². The number of hydrogen-bond acceptors (Lipinski definition) is 3. The van der Waals surface area contributed by atoms with Gasteiger partial charge in [-0.1, -0.05) is 18.2 Å². The normalized spacial score (nSPS) is 30.6. The van der Waals surface area contributed by atoms with Gasteiger partial charge in [0, 0.05) is 29.8 Å². The van der Waals surface area contributed by atoms with Crippen molar-refractivity contribution in [3.05, 3.63) is 30.3 Å². The van der Waals surface area contributed by atoms with E-state index in [1.807, 2.05) is 11.8 Å². The second-order valence-corrected chi connectivity index (χ2v) is 6.53. The quantitative estimate of drug-likeness (QED) is 0.648. The molecule has 3 heteroatoms. The van der Waals surface area contributed by atoms with Crippen LogP contribution in [0.2, 0.25) is 0 Å². The molecule has 2 bridgehead atoms. The van der Waals surface area contributed by atoms with Gasteiger partial charge in [-0.3, -0.25) is 0 Å². The van der Waals surface area contributed by atoms with Crippen LogP contribution in [0.4, 0.5) is 0 Å². The van der Waals surface area contributed by atoms with Gasteiger partial charge in [-0.15, -0.1) is 11.8 Å². The van der Waals surface area contributed by atoms with Crippen LogP contribution in [0, 0.1) is 5.92 Å². The van der Waals surface area contributed by atoms with E-state index < -0.39 is 0 Å². The molecule has 3 rings (SSSR count). The minimum atomic E-state index is 0.778. The van der Waals surface area contributed by atoms with E-state index >= 15 is 0 Å². The molecule has 0 amide bonds. The molecule has 0 aliphatic carbocycles. The third-order valence-corrected chi connectivity index (χ3v) is 5.17. The van der Waals surface area contributed by atoms with Crippen LogP contribution in [-0.2, 0) is 0 Å². The topological polar surface area (TPSA) is 15.3 Å². The van der Waals surface area contributed by atoms with Gasteiger partial charge in [0.15, 0.2) is 0 Å². The maximum Gasteiger partial charge on any atom is 0.0120 e. The molecule has 1 N–H and O–H groups in total. The molecular weight excluding hydrogens is 240 g/mol. The van der Waals surface area contributed by atoms with E-state index in [0.717, 1.165) is 18.5 Å². The summed E-state index contributed by atoms with van der Waals surface area (Å²) in [5.74, 6) is 2.09.